The fourth-order valence-electron chi connectivity index (χ4n) is 2.45. The van der Waals surface area contributed by atoms with Crippen LogP contribution in [-0.2, 0) is 4.74 Å². The van der Waals surface area contributed by atoms with Crippen LogP contribution in [0.4, 0.5) is 0 Å². The van der Waals surface area contributed by atoms with E-state index in [-0.39, 0.29) is 5.60 Å². The molecule has 1 aliphatic carbocycles. The predicted molar refractivity (Wildman–Crippen MR) is 57.0 cm³/mol. The summed E-state index contributed by atoms with van der Waals surface area (Å²) in [6.07, 6.45) is 12.1. The van der Waals surface area contributed by atoms with Crippen LogP contribution in [-0.4, -0.2) is 12.7 Å². The standard InChI is InChI=1S/C12H24O/c1-3-4-6-9-12(13-2)10-7-5-8-11-12/h3-11H2,1-2H3. The van der Waals surface area contributed by atoms with Crippen molar-refractivity contribution in [3.63, 3.8) is 0 Å². The summed E-state index contributed by atoms with van der Waals surface area (Å²) >= 11 is 0. The minimum atomic E-state index is 0.271. The zero-order valence-electron chi connectivity index (χ0n) is 9.27. The first-order valence-corrected chi connectivity index (χ1v) is 5.88. The van der Waals surface area contributed by atoms with Crippen LogP contribution in [0.15, 0.2) is 0 Å². The van der Waals surface area contributed by atoms with Gasteiger partial charge in [0, 0.05) is 7.11 Å². The van der Waals surface area contributed by atoms with E-state index in [0.717, 1.165) is 0 Å². The molecule has 13 heavy (non-hydrogen) atoms. The van der Waals surface area contributed by atoms with Crippen LogP contribution in [0.3, 0.4) is 0 Å². The van der Waals surface area contributed by atoms with Gasteiger partial charge < -0.3 is 4.74 Å². The molecule has 1 aliphatic rings. The highest BCUT2D eigenvalue weighted by Crippen LogP contribution is 2.35. The van der Waals surface area contributed by atoms with E-state index in [4.69, 9.17) is 4.74 Å². The second-order valence-corrected chi connectivity index (χ2v) is 4.40. The molecule has 1 saturated carbocycles. The van der Waals surface area contributed by atoms with E-state index in [1.807, 2.05) is 7.11 Å². The highest BCUT2D eigenvalue weighted by molar-refractivity contribution is 4.83. The molecule has 78 valence electrons. The molecule has 0 unspecified atom stereocenters. The van der Waals surface area contributed by atoms with Crippen molar-refractivity contribution in [1.29, 1.82) is 0 Å². The first-order chi connectivity index (χ1) is 6.33. The highest BCUT2D eigenvalue weighted by Gasteiger charge is 2.30. The fourth-order valence-corrected chi connectivity index (χ4v) is 2.45. The topological polar surface area (TPSA) is 9.23 Å². The summed E-state index contributed by atoms with van der Waals surface area (Å²) in [5.41, 5.74) is 0.271. The lowest BCUT2D eigenvalue weighted by molar-refractivity contribution is -0.0470. The molecule has 1 fully saturated rings. The second-order valence-electron chi connectivity index (χ2n) is 4.40. The molecular weight excluding hydrogens is 160 g/mol. The Morgan fingerprint density at radius 1 is 1.08 bits per heavy atom. The normalized spacial score (nSPS) is 21.7. The van der Waals surface area contributed by atoms with Gasteiger partial charge in [0.1, 0.15) is 0 Å². The van der Waals surface area contributed by atoms with Gasteiger partial charge >= 0.3 is 0 Å². The largest absolute Gasteiger partial charge is 0.378 e. The van der Waals surface area contributed by atoms with Gasteiger partial charge in [-0.2, -0.15) is 0 Å². The SMILES string of the molecule is CCCCCC1(OC)CCCCC1. The Morgan fingerprint density at radius 2 is 1.77 bits per heavy atom. The molecule has 0 aromatic carbocycles. The van der Waals surface area contributed by atoms with Crippen molar-refractivity contribution in [3.8, 4) is 0 Å². The number of ether oxygens (including phenoxy) is 1. The van der Waals surface area contributed by atoms with Gasteiger partial charge in [-0.1, -0.05) is 45.4 Å². The molecule has 0 spiro atoms. The number of rotatable bonds is 5. The Bertz CT molecular complexity index is 125. The minimum absolute atomic E-state index is 0.271. The zero-order valence-corrected chi connectivity index (χ0v) is 9.27. The second kappa shape index (κ2) is 5.64. The summed E-state index contributed by atoms with van der Waals surface area (Å²) in [5.74, 6) is 0. The molecule has 1 rings (SSSR count). The summed E-state index contributed by atoms with van der Waals surface area (Å²) in [6.45, 7) is 2.26. The van der Waals surface area contributed by atoms with Gasteiger partial charge in [0.15, 0.2) is 0 Å². The van der Waals surface area contributed by atoms with Gasteiger partial charge in [-0.15, -0.1) is 0 Å². The van der Waals surface area contributed by atoms with Crippen molar-refractivity contribution in [3.05, 3.63) is 0 Å². The third kappa shape index (κ3) is 3.30. The van der Waals surface area contributed by atoms with E-state index >= 15 is 0 Å². The Hall–Kier alpha value is -0.0400. The van der Waals surface area contributed by atoms with Crippen molar-refractivity contribution in [1.82, 2.24) is 0 Å². The van der Waals surface area contributed by atoms with Gasteiger partial charge in [0.25, 0.3) is 0 Å². The summed E-state index contributed by atoms with van der Waals surface area (Å²) in [7, 11) is 1.90. The summed E-state index contributed by atoms with van der Waals surface area (Å²) in [5, 5.41) is 0. The van der Waals surface area contributed by atoms with E-state index in [0.29, 0.717) is 0 Å². The summed E-state index contributed by atoms with van der Waals surface area (Å²) < 4.78 is 5.73. The number of unbranched alkanes of at least 4 members (excludes halogenated alkanes) is 2. The van der Waals surface area contributed by atoms with E-state index in [2.05, 4.69) is 6.92 Å². The smallest absolute Gasteiger partial charge is 0.0678 e. The lowest BCUT2D eigenvalue weighted by atomic mass is 9.81. The molecule has 0 radical (unpaired) electrons. The zero-order chi connectivity index (χ0) is 9.57. The van der Waals surface area contributed by atoms with Crippen LogP contribution in [0.2, 0.25) is 0 Å². The molecule has 0 aliphatic heterocycles. The maximum atomic E-state index is 5.73. The number of hydrogen-bond acceptors (Lipinski definition) is 1. The average molecular weight is 184 g/mol. The summed E-state index contributed by atoms with van der Waals surface area (Å²) in [4.78, 5) is 0. The number of methoxy groups -OCH3 is 1. The third-order valence-electron chi connectivity index (χ3n) is 3.43. The molecule has 0 amide bonds. The van der Waals surface area contributed by atoms with Crippen LogP contribution < -0.4 is 0 Å². The maximum Gasteiger partial charge on any atom is 0.0678 e. The highest BCUT2D eigenvalue weighted by atomic mass is 16.5. The first kappa shape index (κ1) is 11.0. The van der Waals surface area contributed by atoms with Crippen molar-refractivity contribution in [2.75, 3.05) is 7.11 Å². The summed E-state index contributed by atoms with van der Waals surface area (Å²) in [6, 6.07) is 0. The lowest BCUT2D eigenvalue weighted by Gasteiger charge is -2.36. The van der Waals surface area contributed by atoms with Crippen LogP contribution >= 0.6 is 0 Å². The predicted octanol–water partition coefficient (Wildman–Crippen LogP) is 3.92. The molecule has 0 heterocycles. The molecule has 1 heteroatoms. The maximum absolute atomic E-state index is 5.73. The van der Waals surface area contributed by atoms with Crippen molar-refractivity contribution < 1.29 is 4.74 Å². The van der Waals surface area contributed by atoms with Crippen molar-refractivity contribution >= 4 is 0 Å². The first-order valence-electron chi connectivity index (χ1n) is 5.88. The Balaban J connectivity index is 2.29. The van der Waals surface area contributed by atoms with Gasteiger partial charge in [0.05, 0.1) is 5.60 Å². The van der Waals surface area contributed by atoms with E-state index in [9.17, 15) is 0 Å². The fraction of sp³-hybridized carbons (Fsp3) is 1.00. The minimum Gasteiger partial charge on any atom is -0.378 e. The van der Waals surface area contributed by atoms with Crippen molar-refractivity contribution in [2.24, 2.45) is 0 Å². The molecule has 0 aromatic heterocycles. The lowest BCUT2D eigenvalue weighted by Crippen LogP contribution is -2.33. The van der Waals surface area contributed by atoms with Gasteiger partial charge in [-0.25, -0.2) is 0 Å². The van der Waals surface area contributed by atoms with E-state index in [1.165, 1.54) is 57.8 Å². The van der Waals surface area contributed by atoms with Crippen LogP contribution in [0, 0.1) is 0 Å². The molecule has 0 atom stereocenters. The van der Waals surface area contributed by atoms with E-state index in [1.54, 1.807) is 0 Å². The Labute approximate surface area is 82.9 Å². The van der Waals surface area contributed by atoms with E-state index < -0.39 is 0 Å². The van der Waals surface area contributed by atoms with Gasteiger partial charge in [-0.05, 0) is 19.3 Å². The van der Waals surface area contributed by atoms with Crippen molar-refractivity contribution in [2.45, 2.75) is 70.3 Å². The van der Waals surface area contributed by atoms with Crippen LogP contribution in [0.5, 0.6) is 0 Å². The number of hydrogen-bond donors (Lipinski definition) is 0. The van der Waals surface area contributed by atoms with Gasteiger partial charge in [-0.3, -0.25) is 0 Å². The molecular formula is C12H24O. The molecule has 0 bridgehead atoms. The third-order valence-corrected chi connectivity index (χ3v) is 3.43. The Kier molecular flexibility index (Phi) is 4.79. The molecule has 0 N–H and O–H groups in total. The Morgan fingerprint density at radius 3 is 2.31 bits per heavy atom. The van der Waals surface area contributed by atoms with Gasteiger partial charge in [0.2, 0.25) is 0 Å². The monoisotopic (exact) mass is 184 g/mol. The molecule has 0 saturated heterocycles. The molecule has 1 nitrogen and oxygen atoms in total. The van der Waals surface area contributed by atoms with Crippen LogP contribution in [0.25, 0.3) is 0 Å². The van der Waals surface area contributed by atoms with Crippen LogP contribution in [0.1, 0.15) is 64.7 Å². The molecule has 0 aromatic rings. The quantitative estimate of drug-likeness (QED) is 0.588. The average Bonchev–Trinajstić information content (AvgIpc) is 2.20.